The molecule has 1 nitrogen and oxygen atoms in total. The second kappa shape index (κ2) is 4.05. The Morgan fingerprint density at radius 3 is 2.33 bits per heavy atom. The highest BCUT2D eigenvalue weighted by Crippen LogP contribution is 2.04. The lowest BCUT2D eigenvalue weighted by atomic mass is 10.0. The van der Waals surface area contributed by atoms with Gasteiger partial charge in [0.05, 0.1) is 0 Å². The normalized spacial score (nSPS) is 10.2. The van der Waals surface area contributed by atoms with Crippen molar-refractivity contribution in [1.82, 2.24) is 0 Å². The second-order valence-corrected chi connectivity index (χ2v) is 3.28. The van der Waals surface area contributed by atoms with E-state index < -0.39 is 0 Å². The van der Waals surface area contributed by atoms with Crippen molar-refractivity contribution >= 4 is 5.78 Å². The number of Topliss-reactive ketones (excluding diaryl/α,β-unsaturated/α-hetero) is 1. The predicted molar refractivity (Wildman–Crippen MR) is 50.0 cm³/mol. The first-order chi connectivity index (χ1) is 5.70. The van der Waals surface area contributed by atoms with E-state index in [9.17, 15) is 4.79 Å². The van der Waals surface area contributed by atoms with Crippen LogP contribution in [0.1, 0.15) is 19.4 Å². The summed E-state index contributed by atoms with van der Waals surface area (Å²) in [6.45, 7) is 3.87. The van der Waals surface area contributed by atoms with Gasteiger partial charge in [-0.25, -0.2) is 0 Å². The molecule has 1 rings (SSSR count). The first-order valence-electron chi connectivity index (χ1n) is 4.27. The van der Waals surface area contributed by atoms with Crippen molar-refractivity contribution in [3.05, 3.63) is 35.9 Å². The number of rotatable bonds is 3. The van der Waals surface area contributed by atoms with E-state index in [1.54, 1.807) is 0 Å². The molecule has 0 aliphatic carbocycles. The van der Waals surface area contributed by atoms with Gasteiger partial charge in [0.25, 0.3) is 0 Å². The molecular formula is C11H14O. The molecule has 0 aliphatic rings. The third kappa shape index (κ3) is 2.50. The highest BCUT2D eigenvalue weighted by atomic mass is 16.1. The van der Waals surface area contributed by atoms with Crippen LogP contribution in [0.4, 0.5) is 0 Å². The molecule has 0 unspecified atom stereocenters. The van der Waals surface area contributed by atoms with Gasteiger partial charge in [0, 0.05) is 12.3 Å². The number of hydrogen-bond acceptors (Lipinski definition) is 1. The Bertz CT molecular complexity index is 249. The summed E-state index contributed by atoms with van der Waals surface area (Å²) in [6.07, 6.45) is 0.568. The summed E-state index contributed by atoms with van der Waals surface area (Å²) in [5.74, 6) is 0.450. The molecule has 0 aromatic heterocycles. The van der Waals surface area contributed by atoms with Gasteiger partial charge >= 0.3 is 0 Å². The number of carbonyl (C=O) groups is 1. The molecule has 1 heteroatoms. The third-order valence-corrected chi connectivity index (χ3v) is 1.87. The SMILES string of the molecule is CC(C)C(=O)Cc1ccccc1. The average molecular weight is 162 g/mol. The molecule has 0 atom stereocenters. The van der Waals surface area contributed by atoms with Crippen molar-refractivity contribution in [3.8, 4) is 0 Å². The number of hydrogen-bond donors (Lipinski definition) is 0. The molecule has 0 radical (unpaired) electrons. The monoisotopic (exact) mass is 162 g/mol. The largest absolute Gasteiger partial charge is 0.299 e. The van der Waals surface area contributed by atoms with Crippen molar-refractivity contribution in [2.45, 2.75) is 20.3 Å². The second-order valence-electron chi connectivity index (χ2n) is 3.28. The summed E-state index contributed by atoms with van der Waals surface area (Å²) in [4.78, 5) is 11.3. The molecule has 0 N–H and O–H groups in total. The zero-order valence-electron chi connectivity index (χ0n) is 7.58. The highest BCUT2D eigenvalue weighted by molar-refractivity contribution is 5.82. The number of benzene rings is 1. The molecule has 0 saturated heterocycles. The Morgan fingerprint density at radius 1 is 1.25 bits per heavy atom. The maximum absolute atomic E-state index is 11.3. The van der Waals surface area contributed by atoms with Crippen LogP contribution in [0.2, 0.25) is 0 Å². The Balaban J connectivity index is 2.59. The van der Waals surface area contributed by atoms with Gasteiger partial charge in [-0.15, -0.1) is 0 Å². The van der Waals surface area contributed by atoms with E-state index in [-0.39, 0.29) is 5.92 Å². The van der Waals surface area contributed by atoms with Gasteiger partial charge in [-0.1, -0.05) is 44.2 Å². The lowest BCUT2D eigenvalue weighted by molar-refractivity contribution is -0.121. The minimum atomic E-state index is 0.144. The topological polar surface area (TPSA) is 17.1 Å². The number of ketones is 1. The molecular weight excluding hydrogens is 148 g/mol. The van der Waals surface area contributed by atoms with Crippen LogP contribution < -0.4 is 0 Å². The molecule has 12 heavy (non-hydrogen) atoms. The van der Waals surface area contributed by atoms with E-state index >= 15 is 0 Å². The van der Waals surface area contributed by atoms with Crippen LogP contribution in [0.25, 0.3) is 0 Å². The average Bonchev–Trinajstić information content (AvgIpc) is 2.06. The quantitative estimate of drug-likeness (QED) is 0.667. The van der Waals surface area contributed by atoms with E-state index in [0.29, 0.717) is 12.2 Å². The predicted octanol–water partition coefficient (Wildman–Crippen LogP) is 2.45. The van der Waals surface area contributed by atoms with Crippen LogP contribution in [-0.4, -0.2) is 5.78 Å². The van der Waals surface area contributed by atoms with Crippen LogP contribution in [-0.2, 0) is 11.2 Å². The van der Waals surface area contributed by atoms with Crippen LogP contribution in [0, 0.1) is 5.92 Å². The van der Waals surface area contributed by atoms with Gasteiger partial charge in [0.15, 0.2) is 0 Å². The van der Waals surface area contributed by atoms with Crippen molar-refractivity contribution < 1.29 is 4.79 Å². The van der Waals surface area contributed by atoms with Gasteiger partial charge in [0.2, 0.25) is 0 Å². The molecule has 0 amide bonds. The summed E-state index contributed by atoms with van der Waals surface area (Å²) in [6, 6.07) is 9.86. The minimum absolute atomic E-state index is 0.144. The van der Waals surface area contributed by atoms with Crippen LogP contribution in [0.3, 0.4) is 0 Å². The van der Waals surface area contributed by atoms with Crippen molar-refractivity contribution in [2.24, 2.45) is 5.92 Å². The molecule has 0 aliphatic heterocycles. The summed E-state index contributed by atoms with van der Waals surface area (Å²) in [5.41, 5.74) is 1.11. The Kier molecular flexibility index (Phi) is 3.03. The van der Waals surface area contributed by atoms with Gasteiger partial charge in [-0.2, -0.15) is 0 Å². The summed E-state index contributed by atoms with van der Waals surface area (Å²) < 4.78 is 0. The van der Waals surface area contributed by atoms with Gasteiger partial charge in [-0.05, 0) is 5.56 Å². The van der Waals surface area contributed by atoms with Crippen LogP contribution >= 0.6 is 0 Å². The Hall–Kier alpha value is -1.11. The van der Waals surface area contributed by atoms with E-state index in [2.05, 4.69) is 0 Å². The first-order valence-corrected chi connectivity index (χ1v) is 4.27. The maximum Gasteiger partial charge on any atom is 0.139 e. The van der Waals surface area contributed by atoms with Gasteiger partial charge in [0.1, 0.15) is 5.78 Å². The van der Waals surface area contributed by atoms with Crippen molar-refractivity contribution in [1.29, 1.82) is 0 Å². The zero-order chi connectivity index (χ0) is 8.97. The van der Waals surface area contributed by atoms with Gasteiger partial charge < -0.3 is 0 Å². The highest BCUT2D eigenvalue weighted by Gasteiger charge is 2.06. The summed E-state index contributed by atoms with van der Waals surface area (Å²) in [7, 11) is 0. The van der Waals surface area contributed by atoms with Gasteiger partial charge in [-0.3, -0.25) is 4.79 Å². The summed E-state index contributed by atoms with van der Waals surface area (Å²) in [5, 5.41) is 0. The molecule has 0 bridgehead atoms. The van der Waals surface area contributed by atoms with E-state index in [1.807, 2.05) is 44.2 Å². The van der Waals surface area contributed by atoms with Crippen molar-refractivity contribution in [2.75, 3.05) is 0 Å². The number of carbonyl (C=O) groups excluding carboxylic acids is 1. The first kappa shape index (κ1) is 8.98. The lowest BCUT2D eigenvalue weighted by Crippen LogP contribution is -2.09. The summed E-state index contributed by atoms with van der Waals surface area (Å²) >= 11 is 0. The Morgan fingerprint density at radius 2 is 1.83 bits per heavy atom. The molecule has 1 aromatic carbocycles. The van der Waals surface area contributed by atoms with E-state index in [0.717, 1.165) is 5.56 Å². The molecule has 64 valence electrons. The standard InChI is InChI=1S/C11H14O/c1-9(2)11(12)8-10-6-4-3-5-7-10/h3-7,9H,8H2,1-2H3. The molecule has 0 spiro atoms. The fourth-order valence-electron chi connectivity index (χ4n) is 1.00. The maximum atomic E-state index is 11.3. The Labute approximate surface area is 73.4 Å². The molecule has 0 saturated carbocycles. The van der Waals surface area contributed by atoms with E-state index in [1.165, 1.54) is 0 Å². The fraction of sp³-hybridized carbons (Fsp3) is 0.364. The third-order valence-electron chi connectivity index (χ3n) is 1.87. The van der Waals surface area contributed by atoms with Crippen LogP contribution in [0.5, 0.6) is 0 Å². The smallest absolute Gasteiger partial charge is 0.139 e. The fourth-order valence-corrected chi connectivity index (χ4v) is 1.00. The molecule has 1 aromatic rings. The zero-order valence-corrected chi connectivity index (χ0v) is 7.58. The van der Waals surface area contributed by atoms with Crippen molar-refractivity contribution in [3.63, 3.8) is 0 Å². The molecule has 0 fully saturated rings. The van der Waals surface area contributed by atoms with E-state index in [4.69, 9.17) is 0 Å². The minimum Gasteiger partial charge on any atom is -0.299 e. The van der Waals surface area contributed by atoms with Crippen LogP contribution in [0.15, 0.2) is 30.3 Å². The lowest BCUT2D eigenvalue weighted by Gasteiger charge is -2.02. The molecule has 0 heterocycles.